The van der Waals surface area contributed by atoms with Crippen molar-refractivity contribution in [3.8, 4) is 0 Å². The predicted octanol–water partition coefficient (Wildman–Crippen LogP) is 3.35. The highest BCUT2D eigenvalue weighted by Gasteiger charge is 2.08. The Morgan fingerprint density at radius 2 is 2.00 bits per heavy atom. The summed E-state index contributed by atoms with van der Waals surface area (Å²) in [6.07, 6.45) is 1.52. The summed E-state index contributed by atoms with van der Waals surface area (Å²) in [5.74, 6) is 5.82. The number of furan rings is 1. The van der Waals surface area contributed by atoms with Crippen LogP contribution >= 0.6 is 15.9 Å². The second kappa shape index (κ2) is 5.66. The minimum atomic E-state index is 0.188. The van der Waals surface area contributed by atoms with E-state index in [0.29, 0.717) is 11.5 Å². The topological polar surface area (TPSA) is 60.8 Å². The van der Waals surface area contributed by atoms with Gasteiger partial charge >= 0.3 is 0 Å². The smallest absolute Gasteiger partial charge is 0.280 e. The first-order valence-electron chi connectivity index (χ1n) is 5.15. The summed E-state index contributed by atoms with van der Waals surface area (Å²) in [5.41, 5.74) is 1.42. The van der Waals surface area contributed by atoms with Crippen LogP contribution in [0.5, 0.6) is 0 Å². The number of nitrogens with zero attached hydrogens (tertiary/aromatic N) is 1. The fourth-order valence-corrected chi connectivity index (χ4v) is 1.63. The van der Waals surface area contributed by atoms with Crippen LogP contribution in [0, 0.1) is 0 Å². The maximum absolute atomic E-state index is 5.18. The van der Waals surface area contributed by atoms with Crippen LogP contribution in [0.4, 0.5) is 0 Å². The highest BCUT2D eigenvalue weighted by atomic mass is 79.9. The lowest BCUT2D eigenvalue weighted by Gasteiger charge is -2.03. The maximum atomic E-state index is 5.18. The molecule has 92 valence electrons. The SMILES string of the molecule is C=C(/N=C(\ON)c1ccco1)c1ccc(Br)cc1. The van der Waals surface area contributed by atoms with Gasteiger partial charge in [-0.2, -0.15) is 5.90 Å². The molecule has 0 bridgehead atoms. The van der Waals surface area contributed by atoms with E-state index in [4.69, 9.17) is 15.2 Å². The van der Waals surface area contributed by atoms with Crippen molar-refractivity contribution in [3.63, 3.8) is 0 Å². The van der Waals surface area contributed by atoms with E-state index < -0.39 is 0 Å². The highest BCUT2D eigenvalue weighted by molar-refractivity contribution is 9.10. The summed E-state index contributed by atoms with van der Waals surface area (Å²) in [4.78, 5) is 8.90. The van der Waals surface area contributed by atoms with E-state index in [1.165, 1.54) is 6.26 Å². The van der Waals surface area contributed by atoms with Crippen LogP contribution in [0.3, 0.4) is 0 Å². The molecule has 0 saturated carbocycles. The van der Waals surface area contributed by atoms with Crippen LogP contribution in [0.15, 0.2) is 63.1 Å². The quantitative estimate of drug-likeness (QED) is 0.537. The summed E-state index contributed by atoms with van der Waals surface area (Å²) in [6.45, 7) is 3.87. The van der Waals surface area contributed by atoms with E-state index in [-0.39, 0.29) is 5.90 Å². The van der Waals surface area contributed by atoms with Crippen molar-refractivity contribution in [2.75, 3.05) is 0 Å². The normalized spacial score (nSPS) is 11.3. The van der Waals surface area contributed by atoms with Crippen LogP contribution in [0.1, 0.15) is 11.3 Å². The van der Waals surface area contributed by atoms with E-state index in [2.05, 4.69) is 27.5 Å². The van der Waals surface area contributed by atoms with Gasteiger partial charge in [0.15, 0.2) is 5.76 Å². The molecule has 0 amide bonds. The van der Waals surface area contributed by atoms with Gasteiger partial charge < -0.3 is 9.25 Å². The Balaban J connectivity index is 2.26. The molecule has 0 saturated heterocycles. The fraction of sp³-hybridized carbons (Fsp3) is 0. The Hall–Kier alpha value is -1.85. The third-order valence-corrected chi connectivity index (χ3v) is 2.79. The molecule has 18 heavy (non-hydrogen) atoms. The standard InChI is InChI=1S/C13H11BrN2O2/c1-9(10-4-6-11(14)7-5-10)16-13(18-15)12-3-2-8-17-12/h2-8H,1,15H2/b16-13-. The lowest BCUT2D eigenvalue weighted by molar-refractivity contribution is 0.313. The van der Waals surface area contributed by atoms with Gasteiger partial charge in [-0.25, -0.2) is 4.99 Å². The van der Waals surface area contributed by atoms with Gasteiger partial charge in [0, 0.05) is 4.47 Å². The second-order valence-electron chi connectivity index (χ2n) is 3.47. The molecular formula is C13H11BrN2O2. The monoisotopic (exact) mass is 306 g/mol. The van der Waals surface area contributed by atoms with Crippen molar-refractivity contribution < 1.29 is 9.25 Å². The van der Waals surface area contributed by atoms with Crippen LogP contribution in [0.25, 0.3) is 5.70 Å². The summed E-state index contributed by atoms with van der Waals surface area (Å²) < 4.78 is 6.15. The van der Waals surface area contributed by atoms with Crippen LogP contribution in [-0.4, -0.2) is 5.90 Å². The summed E-state index contributed by atoms with van der Waals surface area (Å²) >= 11 is 3.37. The molecule has 1 aromatic heterocycles. The average molecular weight is 307 g/mol. The zero-order valence-corrected chi connectivity index (χ0v) is 11.1. The van der Waals surface area contributed by atoms with Crippen LogP contribution in [0.2, 0.25) is 0 Å². The van der Waals surface area contributed by atoms with Crippen molar-refractivity contribution >= 4 is 27.5 Å². The molecule has 0 spiro atoms. The van der Waals surface area contributed by atoms with Gasteiger partial charge in [0.05, 0.1) is 12.0 Å². The van der Waals surface area contributed by atoms with Crippen molar-refractivity contribution in [1.29, 1.82) is 0 Å². The first-order chi connectivity index (χ1) is 8.70. The summed E-state index contributed by atoms with van der Waals surface area (Å²) in [6, 6.07) is 11.0. The molecule has 0 atom stereocenters. The Labute approximate surface area is 113 Å². The summed E-state index contributed by atoms with van der Waals surface area (Å²) in [7, 11) is 0. The highest BCUT2D eigenvalue weighted by Crippen LogP contribution is 2.18. The van der Waals surface area contributed by atoms with E-state index in [1.54, 1.807) is 12.1 Å². The fourth-order valence-electron chi connectivity index (χ4n) is 1.37. The Morgan fingerprint density at radius 1 is 1.28 bits per heavy atom. The molecule has 0 aliphatic carbocycles. The molecular weight excluding hydrogens is 296 g/mol. The minimum absolute atomic E-state index is 0.188. The number of halogens is 1. The second-order valence-corrected chi connectivity index (χ2v) is 4.38. The third kappa shape index (κ3) is 2.88. The molecule has 1 aromatic carbocycles. The van der Waals surface area contributed by atoms with Gasteiger partial charge in [0.25, 0.3) is 5.90 Å². The number of hydrogen-bond acceptors (Lipinski definition) is 4. The molecule has 2 rings (SSSR count). The van der Waals surface area contributed by atoms with Crippen molar-refractivity contribution in [1.82, 2.24) is 0 Å². The number of nitrogens with two attached hydrogens (primary N) is 1. The molecule has 0 unspecified atom stereocenters. The number of rotatable bonds is 3. The summed E-state index contributed by atoms with van der Waals surface area (Å²) in [5, 5.41) is 0. The van der Waals surface area contributed by atoms with Crippen molar-refractivity contribution in [2.24, 2.45) is 10.9 Å². The lowest BCUT2D eigenvalue weighted by Crippen LogP contribution is -2.11. The third-order valence-electron chi connectivity index (χ3n) is 2.26. The number of aliphatic imine (C=N–C) groups is 1. The van der Waals surface area contributed by atoms with Gasteiger partial charge in [0.1, 0.15) is 0 Å². The van der Waals surface area contributed by atoms with Crippen LogP contribution in [-0.2, 0) is 4.84 Å². The van der Waals surface area contributed by atoms with E-state index in [9.17, 15) is 0 Å². The number of benzene rings is 1. The largest absolute Gasteiger partial charge is 0.459 e. The molecule has 0 aliphatic heterocycles. The van der Waals surface area contributed by atoms with Gasteiger partial charge in [0.2, 0.25) is 0 Å². The zero-order valence-electron chi connectivity index (χ0n) is 9.47. The average Bonchev–Trinajstić information content (AvgIpc) is 2.90. The first kappa shape index (κ1) is 12.6. The van der Waals surface area contributed by atoms with E-state index in [0.717, 1.165) is 10.0 Å². The lowest BCUT2D eigenvalue weighted by atomic mass is 10.2. The Kier molecular flexibility index (Phi) is 3.96. The van der Waals surface area contributed by atoms with Crippen molar-refractivity contribution in [3.05, 3.63) is 65.0 Å². The first-order valence-corrected chi connectivity index (χ1v) is 5.94. The molecule has 4 nitrogen and oxygen atoms in total. The number of hydrogen-bond donors (Lipinski definition) is 1. The van der Waals surface area contributed by atoms with Gasteiger partial charge in [-0.3, -0.25) is 0 Å². The molecule has 2 N–H and O–H groups in total. The molecule has 0 aliphatic rings. The molecule has 2 aromatic rings. The van der Waals surface area contributed by atoms with Gasteiger partial charge in [-0.05, 0) is 29.8 Å². The van der Waals surface area contributed by atoms with Gasteiger partial charge in [-0.1, -0.05) is 34.6 Å². The van der Waals surface area contributed by atoms with Crippen LogP contribution < -0.4 is 5.90 Å². The van der Waals surface area contributed by atoms with E-state index in [1.807, 2.05) is 24.3 Å². The van der Waals surface area contributed by atoms with Gasteiger partial charge in [-0.15, -0.1) is 0 Å². The molecule has 0 radical (unpaired) electrons. The molecule has 1 heterocycles. The molecule has 5 heteroatoms. The Bertz CT molecular complexity index is 559. The van der Waals surface area contributed by atoms with E-state index >= 15 is 0 Å². The predicted molar refractivity (Wildman–Crippen MR) is 73.7 cm³/mol. The zero-order chi connectivity index (χ0) is 13.0. The Morgan fingerprint density at radius 3 is 2.56 bits per heavy atom. The van der Waals surface area contributed by atoms with Crippen molar-refractivity contribution in [2.45, 2.75) is 0 Å². The molecule has 0 fully saturated rings. The maximum Gasteiger partial charge on any atom is 0.280 e. The minimum Gasteiger partial charge on any atom is -0.459 e.